The fraction of sp³-hybridized carbons (Fsp3) is 0.200. The monoisotopic (exact) mass is 334 g/mol. The second kappa shape index (κ2) is 6.52. The van der Waals surface area contributed by atoms with Gasteiger partial charge >= 0.3 is 0 Å². The molecule has 0 aliphatic heterocycles. The van der Waals surface area contributed by atoms with E-state index in [1.54, 1.807) is 24.4 Å². The van der Waals surface area contributed by atoms with Gasteiger partial charge in [0.25, 0.3) is 0 Å². The van der Waals surface area contributed by atoms with Gasteiger partial charge in [-0.1, -0.05) is 15.9 Å². The van der Waals surface area contributed by atoms with Gasteiger partial charge in [0.1, 0.15) is 11.6 Å². The summed E-state index contributed by atoms with van der Waals surface area (Å²) in [6.45, 7) is 3.32. The Labute approximate surface area is 126 Å². The summed E-state index contributed by atoms with van der Waals surface area (Å²) in [5.74, 6) is 1.04. The van der Waals surface area contributed by atoms with Crippen LogP contribution in [0.5, 0.6) is 5.75 Å². The van der Waals surface area contributed by atoms with E-state index in [-0.39, 0.29) is 5.75 Å². The van der Waals surface area contributed by atoms with Gasteiger partial charge in [-0.15, -0.1) is 0 Å². The number of carbonyl (C=O) groups excluding carboxylic acids is 1. The molecule has 2 aromatic rings. The maximum Gasteiger partial charge on any atom is 0.151 e. The molecule has 4 nitrogen and oxygen atoms in total. The summed E-state index contributed by atoms with van der Waals surface area (Å²) >= 11 is 3.40. The lowest BCUT2D eigenvalue weighted by molar-refractivity contribution is 0.112. The molecule has 0 radical (unpaired) electrons. The second-order valence-electron chi connectivity index (χ2n) is 4.35. The number of pyridine rings is 1. The van der Waals surface area contributed by atoms with Crippen LogP contribution in [0.1, 0.15) is 22.8 Å². The lowest BCUT2D eigenvalue weighted by atomic mass is 10.2. The van der Waals surface area contributed by atoms with Crippen LogP contribution in [0, 0.1) is 0 Å². The van der Waals surface area contributed by atoms with Gasteiger partial charge in [0.05, 0.1) is 0 Å². The number of phenols is 1. The summed E-state index contributed by atoms with van der Waals surface area (Å²) in [7, 11) is 0. The highest BCUT2D eigenvalue weighted by Gasteiger charge is 2.10. The van der Waals surface area contributed by atoms with Gasteiger partial charge < -0.3 is 10.0 Å². The van der Waals surface area contributed by atoms with E-state index in [1.807, 2.05) is 24.0 Å². The number of aldehydes is 1. The molecular formula is C15H15BrN2O2. The Morgan fingerprint density at radius 3 is 2.75 bits per heavy atom. The van der Waals surface area contributed by atoms with Gasteiger partial charge in [0.15, 0.2) is 6.29 Å². The lowest BCUT2D eigenvalue weighted by Crippen LogP contribution is -2.23. The maximum atomic E-state index is 10.6. The molecule has 20 heavy (non-hydrogen) atoms. The summed E-state index contributed by atoms with van der Waals surface area (Å²) in [5, 5.41) is 9.89. The quantitative estimate of drug-likeness (QED) is 0.851. The van der Waals surface area contributed by atoms with Gasteiger partial charge in [0.2, 0.25) is 0 Å². The zero-order valence-corrected chi connectivity index (χ0v) is 12.7. The van der Waals surface area contributed by atoms with Gasteiger partial charge in [0, 0.05) is 34.9 Å². The maximum absolute atomic E-state index is 10.6. The first kappa shape index (κ1) is 14.5. The third kappa shape index (κ3) is 3.36. The Hall–Kier alpha value is -1.88. The molecule has 1 N–H and O–H groups in total. The van der Waals surface area contributed by atoms with Crippen LogP contribution in [-0.4, -0.2) is 22.9 Å². The fourth-order valence-corrected chi connectivity index (χ4v) is 2.30. The Kier molecular flexibility index (Phi) is 4.74. The van der Waals surface area contributed by atoms with Crippen molar-refractivity contribution in [1.82, 2.24) is 4.98 Å². The van der Waals surface area contributed by atoms with Gasteiger partial charge in [-0.25, -0.2) is 4.98 Å². The summed E-state index contributed by atoms with van der Waals surface area (Å²) in [4.78, 5) is 16.9. The number of benzene rings is 1. The minimum atomic E-state index is 0.260. The molecule has 0 aliphatic rings. The third-order valence-corrected chi connectivity index (χ3v) is 3.51. The van der Waals surface area contributed by atoms with Crippen molar-refractivity contribution in [3.63, 3.8) is 0 Å². The molecule has 0 saturated heterocycles. The Bertz CT molecular complexity index is 599. The molecule has 0 unspecified atom stereocenters. The van der Waals surface area contributed by atoms with Crippen molar-refractivity contribution in [2.45, 2.75) is 13.5 Å². The highest BCUT2D eigenvalue weighted by atomic mass is 79.9. The highest BCUT2D eigenvalue weighted by molar-refractivity contribution is 9.10. The molecule has 5 heteroatoms. The van der Waals surface area contributed by atoms with Crippen LogP contribution in [0.3, 0.4) is 0 Å². The van der Waals surface area contributed by atoms with Crippen molar-refractivity contribution in [3.8, 4) is 5.75 Å². The van der Waals surface area contributed by atoms with Crippen LogP contribution in [0.15, 0.2) is 41.0 Å². The number of halogens is 1. The first-order valence-corrected chi connectivity index (χ1v) is 7.07. The number of hydrogen-bond donors (Lipinski definition) is 1. The van der Waals surface area contributed by atoms with Crippen LogP contribution in [0.2, 0.25) is 0 Å². The fourth-order valence-electron chi connectivity index (χ4n) is 1.90. The number of aromatic hydroxyl groups is 1. The summed E-state index contributed by atoms with van der Waals surface area (Å²) in [6, 6.07) is 8.89. The third-order valence-electron chi connectivity index (χ3n) is 3.02. The number of carbonyl (C=O) groups is 1. The van der Waals surface area contributed by atoms with E-state index in [0.717, 1.165) is 28.7 Å². The highest BCUT2D eigenvalue weighted by Crippen LogP contribution is 2.24. The Morgan fingerprint density at radius 2 is 2.15 bits per heavy atom. The van der Waals surface area contributed by atoms with E-state index in [1.165, 1.54) is 0 Å². The number of phenolic OH excluding ortho intramolecular Hbond substituents is 1. The van der Waals surface area contributed by atoms with E-state index in [9.17, 15) is 9.90 Å². The van der Waals surface area contributed by atoms with Crippen LogP contribution in [0.4, 0.5) is 5.82 Å². The van der Waals surface area contributed by atoms with Crippen molar-refractivity contribution >= 4 is 28.0 Å². The van der Waals surface area contributed by atoms with Crippen LogP contribution < -0.4 is 4.90 Å². The largest absolute Gasteiger partial charge is 0.508 e. The molecule has 0 amide bonds. The topological polar surface area (TPSA) is 53.4 Å². The lowest BCUT2D eigenvalue weighted by Gasteiger charge is -2.22. The SMILES string of the molecule is CCN(Cc1cc(Br)ccc1O)c1ccc(C=O)cn1. The predicted molar refractivity (Wildman–Crippen MR) is 82.2 cm³/mol. The van der Waals surface area contributed by atoms with E-state index in [0.29, 0.717) is 12.1 Å². The number of rotatable bonds is 5. The van der Waals surface area contributed by atoms with E-state index >= 15 is 0 Å². The molecule has 0 bridgehead atoms. The van der Waals surface area contributed by atoms with Gasteiger partial charge in [-0.3, -0.25) is 4.79 Å². The molecule has 1 aromatic carbocycles. The summed E-state index contributed by atoms with van der Waals surface area (Å²) in [5.41, 5.74) is 1.37. The molecule has 1 heterocycles. The normalized spacial score (nSPS) is 10.3. The average molecular weight is 335 g/mol. The molecular weight excluding hydrogens is 320 g/mol. The summed E-state index contributed by atoms with van der Waals surface area (Å²) in [6.07, 6.45) is 2.32. The van der Waals surface area contributed by atoms with Crippen molar-refractivity contribution < 1.29 is 9.90 Å². The number of hydrogen-bond acceptors (Lipinski definition) is 4. The van der Waals surface area contributed by atoms with Gasteiger partial charge in [-0.2, -0.15) is 0 Å². The first-order chi connectivity index (χ1) is 9.63. The standard InChI is InChI=1S/C15H15BrN2O2/c1-2-18(15-6-3-11(10-19)8-17-15)9-12-7-13(16)4-5-14(12)20/h3-8,10,20H,2,9H2,1H3. The smallest absolute Gasteiger partial charge is 0.151 e. The number of aromatic nitrogens is 1. The molecule has 1 aromatic heterocycles. The zero-order chi connectivity index (χ0) is 14.5. The predicted octanol–water partition coefficient (Wildman–Crippen LogP) is 3.39. The Morgan fingerprint density at radius 1 is 1.35 bits per heavy atom. The average Bonchev–Trinajstić information content (AvgIpc) is 2.48. The van der Waals surface area contributed by atoms with E-state index in [2.05, 4.69) is 20.9 Å². The first-order valence-electron chi connectivity index (χ1n) is 6.27. The van der Waals surface area contributed by atoms with Crippen LogP contribution in [-0.2, 0) is 6.54 Å². The number of nitrogens with zero attached hydrogens (tertiary/aromatic N) is 2. The number of anilines is 1. The van der Waals surface area contributed by atoms with E-state index < -0.39 is 0 Å². The Balaban J connectivity index is 2.23. The molecule has 2 rings (SSSR count). The molecule has 0 saturated carbocycles. The van der Waals surface area contributed by atoms with Crippen molar-refractivity contribution in [1.29, 1.82) is 0 Å². The molecule has 104 valence electrons. The molecule has 0 fully saturated rings. The van der Waals surface area contributed by atoms with E-state index in [4.69, 9.17) is 0 Å². The van der Waals surface area contributed by atoms with Crippen LogP contribution >= 0.6 is 15.9 Å². The summed E-state index contributed by atoms with van der Waals surface area (Å²) < 4.78 is 0.922. The minimum Gasteiger partial charge on any atom is -0.508 e. The molecule has 0 atom stereocenters. The second-order valence-corrected chi connectivity index (χ2v) is 5.27. The minimum absolute atomic E-state index is 0.260. The van der Waals surface area contributed by atoms with Crippen molar-refractivity contribution in [2.24, 2.45) is 0 Å². The van der Waals surface area contributed by atoms with Crippen molar-refractivity contribution in [3.05, 3.63) is 52.1 Å². The van der Waals surface area contributed by atoms with Crippen molar-refractivity contribution in [2.75, 3.05) is 11.4 Å². The van der Waals surface area contributed by atoms with Gasteiger partial charge in [-0.05, 0) is 37.3 Å². The molecule has 0 spiro atoms. The molecule has 0 aliphatic carbocycles. The zero-order valence-electron chi connectivity index (χ0n) is 11.1. The van der Waals surface area contributed by atoms with Crippen LogP contribution in [0.25, 0.3) is 0 Å².